The van der Waals surface area contributed by atoms with Crippen LogP contribution in [-0.2, 0) is 0 Å². The number of Topliss-reactive ketones (excluding diaryl/α,β-unsaturated/α-hetero) is 1. The van der Waals surface area contributed by atoms with Gasteiger partial charge in [-0.15, -0.1) is 11.3 Å². The zero-order valence-corrected chi connectivity index (χ0v) is 8.82. The summed E-state index contributed by atoms with van der Waals surface area (Å²) >= 11 is 1.46. The van der Waals surface area contributed by atoms with Crippen molar-refractivity contribution in [1.29, 1.82) is 0 Å². The molecule has 0 saturated carbocycles. The van der Waals surface area contributed by atoms with Crippen LogP contribution in [0.5, 0.6) is 5.75 Å². The molecule has 0 saturated heterocycles. The Labute approximate surface area is 82.5 Å². The Morgan fingerprint density at radius 2 is 2.38 bits per heavy atom. The lowest BCUT2D eigenvalue weighted by molar-refractivity contribution is 0.0983. The van der Waals surface area contributed by atoms with Crippen molar-refractivity contribution in [1.82, 2.24) is 0 Å². The Balaban J connectivity index is 2.55. The average Bonchev–Trinajstić information content (AvgIpc) is 2.62. The average molecular weight is 198 g/mol. The number of hydrogen-bond donors (Lipinski definition) is 0. The maximum absolute atomic E-state index is 11.5. The lowest BCUT2D eigenvalue weighted by atomic mass is 10.1. The number of hydrogen-bond acceptors (Lipinski definition) is 3. The Kier molecular flexibility index (Phi) is 3.96. The SMILES string of the molecule is CCCCC(=O)c1cc(OC)cs1. The van der Waals surface area contributed by atoms with Crippen molar-refractivity contribution in [3.8, 4) is 5.75 Å². The van der Waals surface area contributed by atoms with Crippen molar-refractivity contribution in [2.24, 2.45) is 0 Å². The van der Waals surface area contributed by atoms with E-state index in [0.29, 0.717) is 6.42 Å². The molecule has 0 unspecified atom stereocenters. The molecular weight excluding hydrogens is 184 g/mol. The zero-order valence-electron chi connectivity index (χ0n) is 8.00. The quantitative estimate of drug-likeness (QED) is 0.679. The number of methoxy groups -OCH3 is 1. The minimum absolute atomic E-state index is 0.232. The first-order valence-corrected chi connectivity index (χ1v) is 5.31. The predicted molar refractivity (Wildman–Crippen MR) is 54.7 cm³/mol. The first kappa shape index (κ1) is 10.3. The highest BCUT2D eigenvalue weighted by Crippen LogP contribution is 2.22. The summed E-state index contributed by atoms with van der Waals surface area (Å²) in [5.74, 6) is 1.01. The third kappa shape index (κ3) is 2.84. The van der Waals surface area contributed by atoms with E-state index < -0.39 is 0 Å². The molecule has 2 nitrogen and oxygen atoms in total. The summed E-state index contributed by atoms with van der Waals surface area (Å²) in [6.07, 6.45) is 2.69. The van der Waals surface area contributed by atoms with Gasteiger partial charge in [0.2, 0.25) is 0 Å². The Morgan fingerprint density at radius 3 is 2.92 bits per heavy atom. The predicted octanol–water partition coefficient (Wildman–Crippen LogP) is 3.13. The zero-order chi connectivity index (χ0) is 9.68. The molecule has 0 aliphatic heterocycles. The highest BCUT2D eigenvalue weighted by atomic mass is 32.1. The van der Waals surface area contributed by atoms with Gasteiger partial charge in [-0.3, -0.25) is 4.79 Å². The van der Waals surface area contributed by atoms with Gasteiger partial charge >= 0.3 is 0 Å². The molecule has 13 heavy (non-hydrogen) atoms. The largest absolute Gasteiger partial charge is 0.496 e. The monoisotopic (exact) mass is 198 g/mol. The number of thiophene rings is 1. The minimum atomic E-state index is 0.232. The normalized spacial score (nSPS) is 10.0. The van der Waals surface area contributed by atoms with Crippen LogP contribution in [0.25, 0.3) is 0 Å². The maximum atomic E-state index is 11.5. The summed E-state index contributed by atoms with van der Waals surface area (Å²) in [4.78, 5) is 12.3. The van der Waals surface area contributed by atoms with Crippen molar-refractivity contribution >= 4 is 17.1 Å². The Bertz CT molecular complexity index is 278. The Hall–Kier alpha value is -0.830. The van der Waals surface area contributed by atoms with E-state index >= 15 is 0 Å². The molecule has 1 rings (SSSR count). The van der Waals surface area contributed by atoms with Gasteiger partial charge in [0.15, 0.2) is 5.78 Å². The maximum Gasteiger partial charge on any atom is 0.172 e. The number of carbonyl (C=O) groups excluding carboxylic acids is 1. The molecule has 1 heterocycles. The topological polar surface area (TPSA) is 26.3 Å². The van der Waals surface area contributed by atoms with Gasteiger partial charge in [-0.25, -0.2) is 0 Å². The van der Waals surface area contributed by atoms with Crippen LogP contribution in [-0.4, -0.2) is 12.9 Å². The summed E-state index contributed by atoms with van der Waals surface area (Å²) in [5, 5.41) is 1.86. The molecular formula is C10H14O2S. The fourth-order valence-corrected chi connectivity index (χ4v) is 1.86. The highest BCUT2D eigenvalue weighted by molar-refractivity contribution is 7.12. The van der Waals surface area contributed by atoms with Gasteiger partial charge in [-0.05, 0) is 6.42 Å². The molecule has 1 aromatic rings. The molecule has 0 radical (unpaired) electrons. The lowest BCUT2D eigenvalue weighted by Gasteiger charge is -1.94. The van der Waals surface area contributed by atoms with Crippen LogP contribution in [0, 0.1) is 0 Å². The highest BCUT2D eigenvalue weighted by Gasteiger charge is 2.08. The number of unbranched alkanes of at least 4 members (excludes halogenated alkanes) is 1. The lowest BCUT2D eigenvalue weighted by Crippen LogP contribution is -1.94. The fraction of sp³-hybridized carbons (Fsp3) is 0.500. The van der Waals surface area contributed by atoms with Crippen molar-refractivity contribution in [3.05, 3.63) is 16.3 Å². The smallest absolute Gasteiger partial charge is 0.172 e. The number of rotatable bonds is 5. The molecule has 72 valence electrons. The second-order valence-corrected chi connectivity index (χ2v) is 3.79. The molecule has 0 N–H and O–H groups in total. The first-order chi connectivity index (χ1) is 6.27. The number of carbonyl (C=O) groups is 1. The van der Waals surface area contributed by atoms with E-state index in [1.165, 1.54) is 11.3 Å². The van der Waals surface area contributed by atoms with Crippen LogP contribution in [0.3, 0.4) is 0 Å². The van der Waals surface area contributed by atoms with Crippen LogP contribution in [0.2, 0.25) is 0 Å². The van der Waals surface area contributed by atoms with E-state index in [-0.39, 0.29) is 5.78 Å². The van der Waals surface area contributed by atoms with E-state index in [1.807, 2.05) is 11.4 Å². The molecule has 0 amide bonds. The van der Waals surface area contributed by atoms with Crippen molar-refractivity contribution in [2.45, 2.75) is 26.2 Å². The first-order valence-electron chi connectivity index (χ1n) is 4.43. The van der Waals surface area contributed by atoms with E-state index in [4.69, 9.17) is 4.74 Å². The molecule has 0 aromatic carbocycles. The van der Waals surface area contributed by atoms with E-state index in [2.05, 4.69) is 6.92 Å². The third-order valence-electron chi connectivity index (χ3n) is 1.84. The molecule has 0 fully saturated rings. The van der Waals surface area contributed by atoms with E-state index in [0.717, 1.165) is 23.5 Å². The Morgan fingerprint density at radius 1 is 1.62 bits per heavy atom. The van der Waals surface area contributed by atoms with Gasteiger partial charge in [0.25, 0.3) is 0 Å². The standard InChI is InChI=1S/C10H14O2S/c1-3-4-5-9(11)10-6-8(12-2)7-13-10/h6-7H,3-5H2,1-2H3. The van der Waals surface area contributed by atoms with Crippen LogP contribution in [0.1, 0.15) is 35.9 Å². The van der Waals surface area contributed by atoms with Crippen LogP contribution >= 0.6 is 11.3 Å². The van der Waals surface area contributed by atoms with Gasteiger partial charge in [0.1, 0.15) is 5.75 Å². The van der Waals surface area contributed by atoms with Crippen molar-refractivity contribution < 1.29 is 9.53 Å². The van der Waals surface area contributed by atoms with Gasteiger partial charge in [-0.1, -0.05) is 13.3 Å². The second kappa shape index (κ2) is 5.02. The molecule has 0 bridgehead atoms. The summed E-state index contributed by atoms with van der Waals surface area (Å²) in [6.45, 7) is 2.09. The van der Waals surface area contributed by atoms with Gasteiger partial charge in [-0.2, -0.15) is 0 Å². The van der Waals surface area contributed by atoms with Gasteiger partial charge < -0.3 is 4.74 Å². The van der Waals surface area contributed by atoms with Gasteiger partial charge in [0, 0.05) is 17.9 Å². The molecule has 0 aliphatic rings. The molecule has 1 aromatic heterocycles. The minimum Gasteiger partial charge on any atom is -0.496 e. The molecule has 0 aliphatic carbocycles. The van der Waals surface area contributed by atoms with Crippen LogP contribution in [0.15, 0.2) is 11.4 Å². The van der Waals surface area contributed by atoms with Gasteiger partial charge in [0.05, 0.1) is 12.0 Å². The van der Waals surface area contributed by atoms with Crippen LogP contribution < -0.4 is 4.74 Å². The number of ketones is 1. The summed E-state index contributed by atoms with van der Waals surface area (Å²) in [6, 6.07) is 1.81. The molecule has 3 heteroatoms. The van der Waals surface area contributed by atoms with Crippen LogP contribution in [0.4, 0.5) is 0 Å². The summed E-state index contributed by atoms with van der Waals surface area (Å²) in [7, 11) is 1.61. The third-order valence-corrected chi connectivity index (χ3v) is 2.79. The number of ether oxygens (including phenoxy) is 1. The summed E-state index contributed by atoms with van der Waals surface area (Å²) < 4.78 is 5.01. The fourth-order valence-electron chi connectivity index (χ4n) is 1.03. The summed E-state index contributed by atoms with van der Waals surface area (Å²) in [5.41, 5.74) is 0. The van der Waals surface area contributed by atoms with E-state index in [9.17, 15) is 4.79 Å². The van der Waals surface area contributed by atoms with E-state index in [1.54, 1.807) is 7.11 Å². The molecule has 0 atom stereocenters. The molecule has 0 spiro atoms. The van der Waals surface area contributed by atoms with Crippen molar-refractivity contribution in [3.63, 3.8) is 0 Å². The van der Waals surface area contributed by atoms with Crippen molar-refractivity contribution in [2.75, 3.05) is 7.11 Å². The second-order valence-electron chi connectivity index (χ2n) is 2.88.